The van der Waals surface area contributed by atoms with Crippen molar-refractivity contribution in [3.05, 3.63) is 59.9 Å². The molecule has 6 nitrogen and oxygen atoms in total. The van der Waals surface area contributed by atoms with Crippen LogP contribution in [0, 0.1) is 5.82 Å². The first-order valence-electron chi connectivity index (χ1n) is 8.12. The minimum absolute atomic E-state index is 0.0420. The van der Waals surface area contributed by atoms with Crippen molar-refractivity contribution in [2.24, 2.45) is 4.99 Å². The monoisotopic (exact) mass is 358 g/mol. The molecule has 0 spiro atoms. The Labute approximate surface area is 152 Å². The first kappa shape index (κ1) is 19.2. The topological polar surface area (TPSA) is 66.0 Å². The number of para-hydroxylation sites is 1. The highest BCUT2D eigenvalue weighted by Gasteiger charge is 2.11. The van der Waals surface area contributed by atoms with E-state index in [1.165, 1.54) is 24.3 Å². The molecule has 0 atom stereocenters. The van der Waals surface area contributed by atoms with Gasteiger partial charge in [0.25, 0.3) is 0 Å². The van der Waals surface area contributed by atoms with Gasteiger partial charge in [-0.25, -0.2) is 4.39 Å². The molecule has 2 rings (SSSR count). The first-order chi connectivity index (χ1) is 12.5. The minimum Gasteiger partial charge on any atom is -0.496 e. The van der Waals surface area contributed by atoms with Crippen LogP contribution in [-0.4, -0.2) is 44.5 Å². The van der Waals surface area contributed by atoms with Crippen molar-refractivity contribution >= 4 is 17.6 Å². The molecule has 0 saturated heterocycles. The van der Waals surface area contributed by atoms with E-state index in [0.717, 1.165) is 11.3 Å². The Morgan fingerprint density at radius 2 is 1.88 bits per heavy atom. The zero-order chi connectivity index (χ0) is 18.9. The summed E-state index contributed by atoms with van der Waals surface area (Å²) < 4.78 is 18.2. The molecule has 0 aliphatic rings. The van der Waals surface area contributed by atoms with Crippen LogP contribution in [0.4, 0.5) is 10.1 Å². The van der Waals surface area contributed by atoms with Gasteiger partial charge in [0.15, 0.2) is 5.96 Å². The van der Waals surface area contributed by atoms with Gasteiger partial charge in [-0.2, -0.15) is 0 Å². The maximum atomic E-state index is 12.9. The molecular formula is C19H23FN4O2. The fourth-order valence-corrected chi connectivity index (χ4v) is 2.45. The highest BCUT2D eigenvalue weighted by molar-refractivity contribution is 5.94. The highest BCUT2D eigenvalue weighted by Crippen LogP contribution is 2.18. The minimum atomic E-state index is -0.348. The number of halogens is 1. The molecule has 2 aromatic carbocycles. The Morgan fingerprint density at radius 1 is 1.19 bits per heavy atom. The second kappa shape index (κ2) is 9.41. The summed E-state index contributed by atoms with van der Waals surface area (Å²) in [4.78, 5) is 18.1. The number of amides is 1. The van der Waals surface area contributed by atoms with Crippen LogP contribution < -0.4 is 15.4 Å². The van der Waals surface area contributed by atoms with Crippen LogP contribution in [0.25, 0.3) is 0 Å². The third-order valence-electron chi connectivity index (χ3n) is 3.71. The third kappa shape index (κ3) is 5.47. The molecule has 0 aliphatic carbocycles. The lowest BCUT2D eigenvalue weighted by Crippen LogP contribution is -2.42. The molecule has 0 unspecified atom stereocenters. The van der Waals surface area contributed by atoms with Crippen molar-refractivity contribution in [3.8, 4) is 5.75 Å². The molecule has 0 aliphatic heterocycles. The van der Waals surface area contributed by atoms with Gasteiger partial charge in [-0.3, -0.25) is 9.79 Å². The van der Waals surface area contributed by atoms with Crippen LogP contribution in [-0.2, 0) is 11.3 Å². The summed E-state index contributed by atoms with van der Waals surface area (Å²) in [6, 6.07) is 13.3. The number of benzene rings is 2. The van der Waals surface area contributed by atoms with E-state index in [-0.39, 0.29) is 18.3 Å². The molecule has 2 aromatic rings. The van der Waals surface area contributed by atoms with Gasteiger partial charge < -0.3 is 20.3 Å². The fourth-order valence-electron chi connectivity index (χ4n) is 2.45. The number of hydrogen-bond acceptors (Lipinski definition) is 3. The van der Waals surface area contributed by atoms with Crippen LogP contribution in [0.1, 0.15) is 5.56 Å². The van der Waals surface area contributed by atoms with E-state index < -0.39 is 0 Å². The molecule has 1 amide bonds. The number of carbonyl (C=O) groups excluding carboxylic acids is 1. The number of hydrogen-bond donors (Lipinski definition) is 2. The van der Waals surface area contributed by atoms with E-state index in [4.69, 9.17) is 4.74 Å². The standard InChI is InChI=1S/C19H23FN4O2/c1-21-19(24(2)13-14-6-4-5-7-17(14)26-3)22-12-18(25)23-16-10-8-15(20)9-11-16/h4-11H,12-13H2,1-3H3,(H,21,22)(H,23,25). The van der Waals surface area contributed by atoms with E-state index in [1.807, 2.05) is 36.2 Å². The molecule has 138 valence electrons. The third-order valence-corrected chi connectivity index (χ3v) is 3.71. The normalized spacial score (nSPS) is 11.0. The molecule has 0 aromatic heterocycles. The summed E-state index contributed by atoms with van der Waals surface area (Å²) in [6.45, 7) is 0.615. The molecule has 0 bridgehead atoms. The zero-order valence-electron chi connectivity index (χ0n) is 15.1. The predicted molar refractivity (Wildman–Crippen MR) is 101 cm³/mol. The number of methoxy groups -OCH3 is 1. The van der Waals surface area contributed by atoms with Crippen molar-refractivity contribution in [1.82, 2.24) is 10.2 Å². The van der Waals surface area contributed by atoms with E-state index in [1.54, 1.807) is 14.2 Å². The Kier molecular flexibility index (Phi) is 6.96. The molecule has 0 fully saturated rings. The second-order valence-electron chi connectivity index (χ2n) is 5.62. The SMILES string of the molecule is CN=C(NCC(=O)Nc1ccc(F)cc1)N(C)Cc1ccccc1OC. The Morgan fingerprint density at radius 3 is 2.54 bits per heavy atom. The van der Waals surface area contributed by atoms with Crippen LogP contribution in [0.3, 0.4) is 0 Å². The summed E-state index contributed by atoms with van der Waals surface area (Å²) in [5.41, 5.74) is 1.55. The average molecular weight is 358 g/mol. The Hall–Kier alpha value is -3.09. The quantitative estimate of drug-likeness (QED) is 0.615. The van der Waals surface area contributed by atoms with E-state index >= 15 is 0 Å². The Balaban J connectivity index is 1.90. The first-order valence-corrected chi connectivity index (χ1v) is 8.12. The maximum Gasteiger partial charge on any atom is 0.243 e. The molecule has 26 heavy (non-hydrogen) atoms. The van der Waals surface area contributed by atoms with Crippen LogP contribution in [0.2, 0.25) is 0 Å². The van der Waals surface area contributed by atoms with Crippen LogP contribution in [0.5, 0.6) is 5.75 Å². The predicted octanol–water partition coefficient (Wildman–Crippen LogP) is 2.48. The summed E-state index contributed by atoms with van der Waals surface area (Å²) in [5.74, 6) is 0.775. The Bertz CT molecular complexity index is 762. The second-order valence-corrected chi connectivity index (χ2v) is 5.62. The molecule has 7 heteroatoms. The van der Waals surface area contributed by atoms with Crippen molar-refractivity contribution in [3.63, 3.8) is 0 Å². The van der Waals surface area contributed by atoms with Crippen LogP contribution >= 0.6 is 0 Å². The van der Waals surface area contributed by atoms with E-state index in [2.05, 4.69) is 15.6 Å². The summed E-state index contributed by atoms with van der Waals surface area (Å²) in [5, 5.41) is 5.70. The lowest BCUT2D eigenvalue weighted by Gasteiger charge is -2.23. The average Bonchev–Trinajstić information content (AvgIpc) is 2.64. The van der Waals surface area contributed by atoms with E-state index in [9.17, 15) is 9.18 Å². The van der Waals surface area contributed by atoms with Crippen LogP contribution in [0.15, 0.2) is 53.5 Å². The number of nitrogens with one attached hydrogen (secondary N) is 2. The van der Waals surface area contributed by atoms with Crippen molar-refractivity contribution in [2.45, 2.75) is 6.54 Å². The summed E-state index contributed by atoms with van der Waals surface area (Å²) in [7, 11) is 5.16. The van der Waals surface area contributed by atoms with Gasteiger partial charge in [-0.15, -0.1) is 0 Å². The van der Waals surface area contributed by atoms with Gasteiger partial charge in [-0.05, 0) is 30.3 Å². The molecule has 2 N–H and O–H groups in total. The van der Waals surface area contributed by atoms with Crippen molar-refractivity contribution < 1.29 is 13.9 Å². The van der Waals surface area contributed by atoms with Gasteiger partial charge >= 0.3 is 0 Å². The smallest absolute Gasteiger partial charge is 0.243 e. The van der Waals surface area contributed by atoms with Crippen molar-refractivity contribution in [2.75, 3.05) is 33.1 Å². The van der Waals surface area contributed by atoms with E-state index in [0.29, 0.717) is 18.2 Å². The zero-order valence-corrected chi connectivity index (χ0v) is 15.1. The summed E-state index contributed by atoms with van der Waals surface area (Å²) >= 11 is 0. The lowest BCUT2D eigenvalue weighted by molar-refractivity contribution is -0.115. The van der Waals surface area contributed by atoms with Gasteiger partial charge in [0.1, 0.15) is 11.6 Å². The number of guanidine groups is 1. The number of aliphatic imine (C=N–C) groups is 1. The van der Waals surface area contributed by atoms with Gasteiger partial charge in [0, 0.05) is 31.9 Å². The molecule has 0 heterocycles. The number of ether oxygens (including phenoxy) is 1. The maximum absolute atomic E-state index is 12.9. The van der Waals surface area contributed by atoms with Gasteiger partial charge in [-0.1, -0.05) is 18.2 Å². The molecule has 0 radical (unpaired) electrons. The lowest BCUT2D eigenvalue weighted by atomic mass is 10.2. The summed E-state index contributed by atoms with van der Waals surface area (Å²) in [6.07, 6.45) is 0. The number of nitrogens with zero attached hydrogens (tertiary/aromatic N) is 2. The van der Waals surface area contributed by atoms with Crippen molar-refractivity contribution in [1.29, 1.82) is 0 Å². The largest absolute Gasteiger partial charge is 0.496 e. The van der Waals surface area contributed by atoms with Gasteiger partial charge in [0.05, 0.1) is 13.7 Å². The molecular weight excluding hydrogens is 335 g/mol. The number of anilines is 1. The molecule has 0 saturated carbocycles. The van der Waals surface area contributed by atoms with Gasteiger partial charge in [0.2, 0.25) is 5.91 Å². The fraction of sp³-hybridized carbons (Fsp3) is 0.263. The highest BCUT2D eigenvalue weighted by atomic mass is 19.1. The number of rotatable bonds is 6. The number of carbonyl (C=O) groups is 1.